The van der Waals surface area contributed by atoms with Crippen molar-refractivity contribution in [2.75, 3.05) is 19.7 Å². The van der Waals surface area contributed by atoms with Gasteiger partial charge >= 0.3 is 12.1 Å². The molecule has 27 heavy (non-hydrogen) atoms. The van der Waals surface area contributed by atoms with Crippen molar-refractivity contribution in [3.63, 3.8) is 0 Å². The van der Waals surface area contributed by atoms with E-state index in [0.717, 1.165) is 12.3 Å². The molecule has 0 spiro atoms. The lowest BCUT2D eigenvalue weighted by Gasteiger charge is -2.34. The molecule has 1 atom stereocenters. The number of ether oxygens (including phenoxy) is 1. The molecule has 142 valence electrons. The van der Waals surface area contributed by atoms with Crippen molar-refractivity contribution in [2.24, 2.45) is 0 Å². The van der Waals surface area contributed by atoms with E-state index in [4.69, 9.17) is 9.84 Å². The first-order valence-corrected chi connectivity index (χ1v) is 8.03. The minimum atomic E-state index is -4.52. The van der Waals surface area contributed by atoms with Gasteiger partial charge in [0.25, 0.3) is 5.91 Å². The topological polar surface area (TPSA) is 79.7 Å². The highest BCUT2D eigenvalue weighted by Gasteiger charge is 2.37. The van der Waals surface area contributed by atoms with Crippen molar-refractivity contribution in [3.05, 3.63) is 65.0 Å². The number of amides is 1. The van der Waals surface area contributed by atoms with Gasteiger partial charge in [-0.2, -0.15) is 13.2 Å². The van der Waals surface area contributed by atoms with Crippen LogP contribution < -0.4 is 0 Å². The first kappa shape index (κ1) is 18.8. The molecule has 0 saturated carbocycles. The van der Waals surface area contributed by atoms with Crippen LogP contribution in [0.2, 0.25) is 0 Å². The number of aromatic nitrogens is 1. The lowest BCUT2D eigenvalue weighted by atomic mass is 10.0. The average Bonchev–Trinajstić information content (AvgIpc) is 2.67. The van der Waals surface area contributed by atoms with E-state index in [-0.39, 0.29) is 36.5 Å². The molecule has 1 saturated heterocycles. The van der Waals surface area contributed by atoms with E-state index in [9.17, 15) is 22.8 Å². The van der Waals surface area contributed by atoms with Gasteiger partial charge in [-0.25, -0.2) is 9.78 Å². The normalized spacial score (nSPS) is 17.6. The molecule has 0 aliphatic carbocycles. The summed E-state index contributed by atoms with van der Waals surface area (Å²) in [4.78, 5) is 28.5. The monoisotopic (exact) mass is 380 g/mol. The first-order chi connectivity index (χ1) is 12.8. The summed E-state index contributed by atoms with van der Waals surface area (Å²) >= 11 is 0. The minimum Gasteiger partial charge on any atom is -0.477 e. The number of nitrogens with zero attached hydrogens (tertiary/aromatic N) is 2. The second-order valence-corrected chi connectivity index (χ2v) is 5.93. The van der Waals surface area contributed by atoms with Crippen LogP contribution in [0.25, 0.3) is 0 Å². The summed E-state index contributed by atoms with van der Waals surface area (Å²) in [6.45, 7) is 0.250. The number of halogens is 3. The van der Waals surface area contributed by atoms with Crippen LogP contribution in [0.4, 0.5) is 13.2 Å². The van der Waals surface area contributed by atoms with E-state index in [0.29, 0.717) is 0 Å². The van der Waals surface area contributed by atoms with E-state index < -0.39 is 29.7 Å². The molecular formula is C18H15F3N2O4. The number of aromatic carboxylic acids is 1. The number of carbonyl (C=O) groups excluding carboxylic acids is 1. The Labute approximate surface area is 152 Å². The molecule has 2 heterocycles. The molecule has 6 nitrogen and oxygen atoms in total. The Balaban J connectivity index is 1.80. The van der Waals surface area contributed by atoms with Crippen molar-refractivity contribution in [3.8, 4) is 0 Å². The summed E-state index contributed by atoms with van der Waals surface area (Å²) in [7, 11) is 0. The van der Waals surface area contributed by atoms with Gasteiger partial charge in [0.15, 0.2) is 0 Å². The molecular weight excluding hydrogens is 365 g/mol. The molecule has 1 unspecified atom stereocenters. The minimum absolute atomic E-state index is 0.0261. The third-order valence-electron chi connectivity index (χ3n) is 4.20. The number of rotatable bonds is 3. The lowest BCUT2D eigenvalue weighted by Crippen LogP contribution is -2.42. The predicted molar refractivity (Wildman–Crippen MR) is 87.2 cm³/mol. The maximum Gasteiger partial charge on any atom is 0.416 e. The van der Waals surface area contributed by atoms with Gasteiger partial charge in [0, 0.05) is 12.7 Å². The molecule has 1 fully saturated rings. The van der Waals surface area contributed by atoms with Crippen molar-refractivity contribution in [1.29, 1.82) is 0 Å². The summed E-state index contributed by atoms with van der Waals surface area (Å²) < 4.78 is 45.2. The zero-order chi connectivity index (χ0) is 19.6. The fraction of sp³-hybridized carbons (Fsp3) is 0.278. The van der Waals surface area contributed by atoms with Gasteiger partial charge in [-0.1, -0.05) is 18.2 Å². The van der Waals surface area contributed by atoms with Gasteiger partial charge in [0.05, 0.1) is 24.3 Å². The highest BCUT2D eigenvalue weighted by molar-refractivity contribution is 5.95. The second-order valence-electron chi connectivity index (χ2n) is 5.93. The van der Waals surface area contributed by atoms with E-state index in [1.54, 1.807) is 0 Å². The SMILES string of the molecule is O=C(O)c1ccc(C(=O)N2CCOC(c3ccccc3C(F)(F)F)C2)cn1. The summed E-state index contributed by atoms with van der Waals surface area (Å²) in [5.74, 6) is -1.67. The Morgan fingerprint density at radius 1 is 1.19 bits per heavy atom. The van der Waals surface area contributed by atoms with Gasteiger partial charge in [0.2, 0.25) is 0 Å². The maximum absolute atomic E-state index is 13.2. The fourth-order valence-electron chi connectivity index (χ4n) is 2.89. The van der Waals surface area contributed by atoms with Crippen LogP contribution in [-0.2, 0) is 10.9 Å². The number of carboxylic acid groups (broad SMARTS) is 1. The molecule has 1 amide bonds. The number of carbonyl (C=O) groups is 2. The molecule has 9 heteroatoms. The molecule has 3 rings (SSSR count). The molecule has 0 bridgehead atoms. The number of benzene rings is 1. The van der Waals surface area contributed by atoms with Crippen molar-refractivity contribution < 1.29 is 32.6 Å². The molecule has 1 aliphatic heterocycles. The molecule has 1 aliphatic rings. The van der Waals surface area contributed by atoms with E-state index in [2.05, 4.69) is 4.98 Å². The largest absolute Gasteiger partial charge is 0.477 e. The number of morpholine rings is 1. The van der Waals surface area contributed by atoms with Crippen molar-refractivity contribution in [1.82, 2.24) is 9.88 Å². The van der Waals surface area contributed by atoms with E-state index in [1.165, 1.54) is 35.2 Å². The predicted octanol–water partition coefficient (Wildman–Crippen LogP) is 3.01. The maximum atomic E-state index is 13.2. The van der Waals surface area contributed by atoms with Gasteiger partial charge in [-0.3, -0.25) is 4.79 Å². The highest BCUT2D eigenvalue weighted by atomic mass is 19.4. The number of hydrogen-bond acceptors (Lipinski definition) is 4. The van der Waals surface area contributed by atoms with Gasteiger partial charge in [-0.15, -0.1) is 0 Å². The summed E-state index contributed by atoms with van der Waals surface area (Å²) in [5, 5.41) is 8.85. The van der Waals surface area contributed by atoms with Crippen molar-refractivity contribution >= 4 is 11.9 Å². The number of carboxylic acids is 1. The zero-order valence-corrected chi connectivity index (χ0v) is 13.9. The standard InChI is InChI=1S/C18H15F3N2O4/c19-18(20,21)13-4-2-1-3-12(13)15-10-23(7-8-27-15)16(24)11-5-6-14(17(25)26)22-9-11/h1-6,9,15H,7-8,10H2,(H,25,26). The van der Waals surface area contributed by atoms with Crippen LogP contribution in [0.3, 0.4) is 0 Å². The molecule has 1 N–H and O–H groups in total. The van der Waals surface area contributed by atoms with Gasteiger partial charge in [-0.05, 0) is 23.8 Å². The smallest absolute Gasteiger partial charge is 0.416 e. The summed E-state index contributed by atoms with van der Waals surface area (Å²) in [5.41, 5.74) is -0.867. The van der Waals surface area contributed by atoms with Crippen LogP contribution in [0.5, 0.6) is 0 Å². The summed E-state index contributed by atoms with van der Waals surface area (Å²) in [6, 6.07) is 7.63. The Hall–Kier alpha value is -2.94. The van der Waals surface area contributed by atoms with E-state index >= 15 is 0 Å². The Bertz CT molecular complexity index is 852. The average molecular weight is 380 g/mol. The Morgan fingerprint density at radius 3 is 2.56 bits per heavy atom. The quantitative estimate of drug-likeness (QED) is 0.886. The Kier molecular flexibility index (Phi) is 5.13. The molecule has 2 aromatic rings. The Morgan fingerprint density at radius 2 is 1.93 bits per heavy atom. The van der Waals surface area contributed by atoms with Crippen molar-refractivity contribution in [2.45, 2.75) is 12.3 Å². The van der Waals surface area contributed by atoms with Crippen LogP contribution in [0.1, 0.15) is 38.1 Å². The molecule has 1 aromatic heterocycles. The molecule has 1 aromatic carbocycles. The highest BCUT2D eigenvalue weighted by Crippen LogP contribution is 2.36. The third kappa shape index (κ3) is 4.08. The number of hydrogen-bond donors (Lipinski definition) is 1. The van der Waals surface area contributed by atoms with Gasteiger partial charge in [0.1, 0.15) is 11.8 Å². The fourth-order valence-corrected chi connectivity index (χ4v) is 2.89. The summed E-state index contributed by atoms with van der Waals surface area (Å²) in [6.07, 6.45) is -4.30. The lowest BCUT2D eigenvalue weighted by molar-refractivity contribution is -0.140. The van der Waals surface area contributed by atoms with Crippen LogP contribution >= 0.6 is 0 Å². The number of alkyl halides is 3. The van der Waals surface area contributed by atoms with Crippen LogP contribution in [-0.4, -0.2) is 46.6 Å². The number of pyridine rings is 1. The first-order valence-electron chi connectivity index (χ1n) is 8.03. The molecule has 0 radical (unpaired) electrons. The van der Waals surface area contributed by atoms with Gasteiger partial charge < -0.3 is 14.7 Å². The van der Waals surface area contributed by atoms with Crippen LogP contribution in [0, 0.1) is 0 Å². The third-order valence-corrected chi connectivity index (χ3v) is 4.20. The van der Waals surface area contributed by atoms with E-state index in [1.807, 2.05) is 0 Å². The van der Waals surface area contributed by atoms with Crippen LogP contribution in [0.15, 0.2) is 42.6 Å². The second kappa shape index (κ2) is 7.36. The zero-order valence-electron chi connectivity index (χ0n) is 13.9.